The van der Waals surface area contributed by atoms with Gasteiger partial charge in [-0.25, -0.2) is 0 Å². The summed E-state index contributed by atoms with van der Waals surface area (Å²) in [5.74, 6) is -0.754. The SMILES string of the molecule is Cc1cccc(C)c1NC(=O)CNC(=O)[C@@H](C)N(C)CC(=O)NC(C)(C)C. The molecule has 0 saturated heterocycles. The van der Waals surface area contributed by atoms with Crippen molar-refractivity contribution in [3.05, 3.63) is 29.3 Å². The quantitative estimate of drug-likeness (QED) is 0.674. The van der Waals surface area contributed by atoms with Gasteiger partial charge in [0.2, 0.25) is 17.7 Å². The number of anilines is 1. The van der Waals surface area contributed by atoms with Crippen molar-refractivity contribution in [2.75, 3.05) is 25.5 Å². The Hall–Kier alpha value is -2.41. The maximum Gasteiger partial charge on any atom is 0.243 e. The van der Waals surface area contributed by atoms with Crippen LogP contribution in [-0.4, -0.2) is 54.3 Å². The van der Waals surface area contributed by atoms with Crippen LogP contribution in [0.2, 0.25) is 0 Å². The molecule has 0 aliphatic carbocycles. The summed E-state index contributed by atoms with van der Waals surface area (Å²) in [6.45, 7) is 11.2. The third-order valence-electron chi connectivity index (χ3n) is 4.12. The number of likely N-dealkylation sites (N-methyl/N-ethyl adjacent to an activating group) is 1. The van der Waals surface area contributed by atoms with Crippen LogP contribution in [0.25, 0.3) is 0 Å². The molecule has 3 N–H and O–H groups in total. The normalized spacial score (nSPS) is 12.4. The van der Waals surface area contributed by atoms with Crippen LogP contribution in [0.5, 0.6) is 0 Å². The van der Waals surface area contributed by atoms with E-state index in [2.05, 4.69) is 16.0 Å². The topological polar surface area (TPSA) is 90.5 Å². The predicted octanol–water partition coefficient (Wildman–Crippen LogP) is 1.59. The van der Waals surface area contributed by atoms with E-state index in [1.165, 1.54) is 0 Å². The Morgan fingerprint density at radius 1 is 1.07 bits per heavy atom. The summed E-state index contributed by atoms with van der Waals surface area (Å²) < 4.78 is 0. The Balaban J connectivity index is 2.50. The molecule has 150 valence electrons. The Morgan fingerprint density at radius 3 is 2.15 bits per heavy atom. The molecule has 0 aromatic heterocycles. The van der Waals surface area contributed by atoms with Gasteiger partial charge in [0.15, 0.2) is 0 Å². The molecular weight excluding hydrogens is 344 g/mol. The molecule has 1 aromatic rings. The number of rotatable bonds is 7. The number of carbonyl (C=O) groups excluding carboxylic acids is 3. The van der Waals surface area contributed by atoms with E-state index in [0.29, 0.717) is 0 Å². The van der Waals surface area contributed by atoms with Gasteiger partial charge in [-0.2, -0.15) is 0 Å². The van der Waals surface area contributed by atoms with Gasteiger partial charge in [0.05, 0.1) is 19.1 Å². The molecule has 0 saturated carbocycles. The zero-order valence-corrected chi connectivity index (χ0v) is 17.4. The molecule has 27 heavy (non-hydrogen) atoms. The van der Waals surface area contributed by atoms with Crippen LogP contribution in [0, 0.1) is 13.8 Å². The van der Waals surface area contributed by atoms with E-state index in [1.807, 2.05) is 52.8 Å². The minimum atomic E-state index is -0.538. The lowest BCUT2D eigenvalue weighted by Gasteiger charge is -2.26. The highest BCUT2D eigenvalue weighted by atomic mass is 16.2. The van der Waals surface area contributed by atoms with E-state index >= 15 is 0 Å². The van der Waals surface area contributed by atoms with Gasteiger partial charge in [0.25, 0.3) is 0 Å². The van der Waals surface area contributed by atoms with Gasteiger partial charge in [-0.1, -0.05) is 18.2 Å². The van der Waals surface area contributed by atoms with Crippen LogP contribution in [0.4, 0.5) is 5.69 Å². The number of nitrogens with zero attached hydrogens (tertiary/aromatic N) is 1. The molecular formula is C20H32N4O3. The van der Waals surface area contributed by atoms with Crippen molar-refractivity contribution in [2.24, 2.45) is 0 Å². The number of aryl methyl sites for hydroxylation is 2. The van der Waals surface area contributed by atoms with Crippen LogP contribution in [0.15, 0.2) is 18.2 Å². The van der Waals surface area contributed by atoms with Gasteiger partial charge in [0.1, 0.15) is 0 Å². The Morgan fingerprint density at radius 2 is 1.63 bits per heavy atom. The number of nitrogens with one attached hydrogen (secondary N) is 3. The lowest BCUT2D eigenvalue weighted by molar-refractivity contribution is -0.129. The third-order valence-corrected chi connectivity index (χ3v) is 4.12. The second-order valence-corrected chi connectivity index (χ2v) is 7.92. The lowest BCUT2D eigenvalue weighted by Crippen LogP contribution is -2.50. The van der Waals surface area contributed by atoms with E-state index in [9.17, 15) is 14.4 Å². The Labute approximate surface area is 161 Å². The summed E-state index contributed by atoms with van der Waals surface area (Å²) in [4.78, 5) is 38.0. The fourth-order valence-corrected chi connectivity index (χ4v) is 2.53. The zero-order chi connectivity index (χ0) is 20.8. The second kappa shape index (κ2) is 9.50. The first-order valence-corrected chi connectivity index (χ1v) is 9.05. The van der Waals surface area contributed by atoms with Gasteiger partial charge in [-0.05, 0) is 59.7 Å². The average Bonchev–Trinajstić information content (AvgIpc) is 2.53. The number of hydrogen-bond donors (Lipinski definition) is 3. The number of carbonyl (C=O) groups is 3. The second-order valence-electron chi connectivity index (χ2n) is 7.92. The maximum atomic E-state index is 12.3. The largest absolute Gasteiger partial charge is 0.350 e. The average molecular weight is 377 g/mol. The van der Waals surface area contributed by atoms with E-state index < -0.39 is 6.04 Å². The molecule has 7 heteroatoms. The minimum Gasteiger partial charge on any atom is -0.350 e. The molecule has 0 spiro atoms. The number of para-hydroxylation sites is 1. The molecule has 0 bridgehead atoms. The van der Waals surface area contributed by atoms with Gasteiger partial charge in [0, 0.05) is 11.2 Å². The van der Waals surface area contributed by atoms with E-state index in [4.69, 9.17) is 0 Å². The fourth-order valence-electron chi connectivity index (χ4n) is 2.53. The zero-order valence-electron chi connectivity index (χ0n) is 17.4. The highest BCUT2D eigenvalue weighted by molar-refractivity contribution is 5.96. The number of amides is 3. The van der Waals surface area contributed by atoms with Crippen LogP contribution in [0.3, 0.4) is 0 Å². The summed E-state index contributed by atoms with van der Waals surface area (Å²) in [5.41, 5.74) is 2.37. The number of benzene rings is 1. The van der Waals surface area contributed by atoms with Crippen molar-refractivity contribution in [1.82, 2.24) is 15.5 Å². The summed E-state index contributed by atoms with van der Waals surface area (Å²) in [5, 5.41) is 8.30. The summed E-state index contributed by atoms with van der Waals surface area (Å²) >= 11 is 0. The van der Waals surface area contributed by atoms with Gasteiger partial charge >= 0.3 is 0 Å². The van der Waals surface area contributed by atoms with Crippen molar-refractivity contribution in [1.29, 1.82) is 0 Å². The summed E-state index contributed by atoms with van der Waals surface area (Å²) in [6, 6.07) is 5.22. The van der Waals surface area contributed by atoms with Crippen molar-refractivity contribution in [3.8, 4) is 0 Å². The van der Waals surface area contributed by atoms with Crippen molar-refractivity contribution >= 4 is 23.4 Å². The molecule has 1 aromatic carbocycles. The molecule has 0 aliphatic heterocycles. The van der Waals surface area contributed by atoms with Gasteiger partial charge in [-0.3, -0.25) is 19.3 Å². The molecule has 0 unspecified atom stereocenters. The first kappa shape index (κ1) is 22.6. The van der Waals surface area contributed by atoms with Crippen molar-refractivity contribution in [2.45, 2.75) is 53.1 Å². The fraction of sp³-hybridized carbons (Fsp3) is 0.550. The van der Waals surface area contributed by atoms with Crippen LogP contribution >= 0.6 is 0 Å². The van der Waals surface area contributed by atoms with Crippen molar-refractivity contribution < 1.29 is 14.4 Å². The van der Waals surface area contributed by atoms with Gasteiger partial charge < -0.3 is 16.0 Å². The van der Waals surface area contributed by atoms with Crippen LogP contribution in [0.1, 0.15) is 38.8 Å². The molecule has 3 amide bonds. The highest BCUT2D eigenvalue weighted by Gasteiger charge is 2.22. The van der Waals surface area contributed by atoms with Crippen LogP contribution in [-0.2, 0) is 14.4 Å². The molecule has 7 nitrogen and oxygen atoms in total. The third kappa shape index (κ3) is 7.78. The maximum absolute atomic E-state index is 12.3. The summed E-state index contributed by atoms with van der Waals surface area (Å²) in [7, 11) is 1.70. The van der Waals surface area contributed by atoms with Gasteiger partial charge in [-0.15, -0.1) is 0 Å². The standard InChI is InChI=1S/C20H32N4O3/c1-13-9-8-10-14(2)18(13)22-16(25)11-21-19(27)15(3)24(7)12-17(26)23-20(4,5)6/h8-10,15H,11-12H2,1-7H3,(H,21,27)(H,22,25)(H,23,26)/t15-/m1/s1. The molecule has 1 rings (SSSR count). The van der Waals surface area contributed by atoms with Crippen LogP contribution < -0.4 is 16.0 Å². The first-order valence-electron chi connectivity index (χ1n) is 9.05. The molecule has 0 aliphatic rings. The smallest absolute Gasteiger partial charge is 0.243 e. The molecule has 0 heterocycles. The predicted molar refractivity (Wildman–Crippen MR) is 108 cm³/mol. The first-order chi connectivity index (χ1) is 12.4. The Kier molecular flexibility index (Phi) is 7.97. The Bertz CT molecular complexity index is 675. The molecule has 0 fully saturated rings. The molecule has 0 radical (unpaired) electrons. The number of hydrogen-bond acceptors (Lipinski definition) is 4. The highest BCUT2D eigenvalue weighted by Crippen LogP contribution is 2.18. The lowest BCUT2D eigenvalue weighted by atomic mass is 10.1. The molecule has 1 atom stereocenters. The summed E-state index contributed by atoms with van der Waals surface area (Å²) in [6.07, 6.45) is 0. The minimum absolute atomic E-state index is 0.0977. The van der Waals surface area contributed by atoms with E-state index in [0.717, 1.165) is 16.8 Å². The van der Waals surface area contributed by atoms with Crippen molar-refractivity contribution in [3.63, 3.8) is 0 Å². The monoisotopic (exact) mass is 376 g/mol. The van der Waals surface area contributed by atoms with E-state index in [1.54, 1.807) is 18.9 Å². The van der Waals surface area contributed by atoms with E-state index in [-0.39, 0.29) is 36.3 Å².